The normalized spacial score (nSPS) is 12.3. The summed E-state index contributed by atoms with van der Waals surface area (Å²) in [7, 11) is 0. The molecule has 0 aliphatic heterocycles. The molecule has 114 valence electrons. The van der Waals surface area contributed by atoms with E-state index in [1.54, 1.807) is 0 Å². The average Bonchev–Trinajstić information content (AvgIpc) is 2.40. The molecule has 6 heteroatoms. The maximum Gasteiger partial charge on any atom is 0.505 e. The van der Waals surface area contributed by atoms with Crippen LogP contribution in [-0.4, -0.2) is 57.0 Å². The second-order valence-corrected chi connectivity index (χ2v) is 4.06. The van der Waals surface area contributed by atoms with Gasteiger partial charge in [0.2, 0.25) is 0 Å². The molecule has 0 aromatic rings. The molecule has 0 aliphatic rings. The molecule has 0 saturated heterocycles. The summed E-state index contributed by atoms with van der Waals surface area (Å²) in [6.45, 7) is 6.92. The minimum absolute atomic E-state index is 0.0615. The molecule has 0 fully saturated rings. The van der Waals surface area contributed by atoms with Gasteiger partial charge in [0.05, 0.1) is 32.5 Å². The van der Waals surface area contributed by atoms with Gasteiger partial charge in [-0.2, -0.15) is 0 Å². The van der Waals surface area contributed by atoms with Crippen LogP contribution in [0.25, 0.3) is 0 Å². The first-order valence-electron chi connectivity index (χ1n) is 6.83. The fourth-order valence-corrected chi connectivity index (χ4v) is 1.29. The van der Waals surface area contributed by atoms with E-state index in [9.17, 15) is 4.79 Å². The third-order valence-electron chi connectivity index (χ3n) is 2.44. The topological polar surface area (TPSA) is 74.2 Å². The monoisotopic (exact) mass is 278 g/mol. The van der Waals surface area contributed by atoms with E-state index in [-0.39, 0.29) is 12.7 Å². The Morgan fingerprint density at radius 1 is 1.05 bits per heavy atom. The van der Waals surface area contributed by atoms with Crippen molar-refractivity contribution in [2.75, 3.05) is 39.6 Å². The lowest BCUT2D eigenvalue weighted by molar-refractivity contribution is -0.0378. The summed E-state index contributed by atoms with van der Waals surface area (Å²) in [6, 6.07) is 0. The molecule has 1 N–H and O–H groups in total. The Balaban J connectivity index is 3.28. The third-order valence-corrected chi connectivity index (χ3v) is 2.44. The molecular formula is C13H26O6. The van der Waals surface area contributed by atoms with Gasteiger partial charge >= 0.3 is 6.16 Å². The van der Waals surface area contributed by atoms with Crippen LogP contribution in [0.5, 0.6) is 0 Å². The van der Waals surface area contributed by atoms with Gasteiger partial charge in [-0.3, -0.25) is 0 Å². The zero-order chi connectivity index (χ0) is 14.3. The van der Waals surface area contributed by atoms with E-state index in [1.165, 1.54) is 0 Å². The Kier molecular flexibility index (Phi) is 13.0. The van der Waals surface area contributed by atoms with E-state index in [0.29, 0.717) is 32.8 Å². The van der Waals surface area contributed by atoms with Crippen molar-refractivity contribution in [3.8, 4) is 0 Å². The van der Waals surface area contributed by atoms with Crippen LogP contribution in [0.2, 0.25) is 0 Å². The Morgan fingerprint density at radius 2 is 1.68 bits per heavy atom. The van der Waals surface area contributed by atoms with Gasteiger partial charge in [0.25, 0.3) is 0 Å². The van der Waals surface area contributed by atoms with Gasteiger partial charge < -0.3 is 24.1 Å². The molecule has 0 aromatic heterocycles. The number of rotatable bonds is 13. The van der Waals surface area contributed by atoms with Gasteiger partial charge in [0.15, 0.2) is 0 Å². The molecule has 0 spiro atoms. The van der Waals surface area contributed by atoms with Crippen LogP contribution < -0.4 is 0 Å². The molecule has 0 saturated carbocycles. The maximum atomic E-state index is 10.2. The Morgan fingerprint density at radius 3 is 2.26 bits per heavy atom. The summed E-state index contributed by atoms with van der Waals surface area (Å²) in [6.07, 6.45) is 1.42. The van der Waals surface area contributed by atoms with Crippen molar-refractivity contribution in [3.63, 3.8) is 0 Å². The van der Waals surface area contributed by atoms with Crippen molar-refractivity contribution in [1.82, 2.24) is 0 Å². The molecule has 0 rings (SSSR count). The van der Waals surface area contributed by atoms with E-state index in [1.807, 2.05) is 6.92 Å². The van der Waals surface area contributed by atoms with Crippen LogP contribution in [0.3, 0.4) is 0 Å². The van der Waals surface area contributed by atoms with Gasteiger partial charge in [-0.05, 0) is 12.8 Å². The predicted octanol–water partition coefficient (Wildman–Crippen LogP) is 2.31. The predicted molar refractivity (Wildman–Crippen MR) is 70.6 cm³/mol. The van der Waals surface area contributed by atoms with Crippen LogP contribution in [0.15, 0.2) is 0 Å². The highest BCUT2D eigenvalue weighted by molar-refractivity contribution is 5.56. The second kappa shape index (κ2) is 13.6. The number of hydrogen-bond donors (Lipinski definition) is 1. The average molecular weight is 278 g/mol. The Bertz CT molecular complexity index is 209. The minimum atomic E-state index is -1.28. The summed E-state index contributed by atoms with van der Waals surface area (Å²) in [5.74, 6) is 0. The van der Waals surface area contributed by atoms with Crippen LogP contribution >= 0.6 is 0 Å². The van der Waals surface area contributed by atoms with Crippen molar-refractivity contribution in [3.05, 3.63) is 0 Å². The van der Waals surface area contributed by atoms with Crippen LogP contribution in [0, 0.1) is 0 Å². The molecule has 19 heavy (non-hydrogen) atoms. The zero-order valence-corrected chi connectivity index (χ0v) is 11.9. The molecule has 6 nitrogen and oxygen atoms in total. The van der Waals surface area contributed by atoms with Gasteiger partial charge in [-0.15, -0.1) is 0 Å². The number of unbranched alkanes of at least 4 members (excludes halogenated alkanes) is 1. The van der Waals surface area contributed by atoms with Gasteiger partial charge in [-0.25, -0.2) is 4.79 Å². The van der Waals surface area contributed by atoms with Crippen LogP contribution in [0.4, 0.5) is 4.79 Å². The van der Waals surface area contributed by atoms with Gasteiger partial charge in [-0.1, -0.05) is 20.3 Å². The van der Waals surface area contributed by atoms with Crippen LogP contribution in [0.1, 0.15) is 33.1 Å². The van der Waals surface area contributed by atoms with Crippen molar-refractivity contribution in [2.24, 2.45) is 0 Å². The van der Waals surface area contributed by atoms with E-state index in [2.05, 4.69) is 11.7 Å². The van der Waals surface area contributed by atoms with E-state index in [4.69, 9.17) is 19.3 Å². The standard InChI is InChI=1S/C13H26O6/c1-3-5-6-16-7-8-17-9-10-18-12(4-2)11-19-13(14)15/h12H,3-11H2,1-2H3,(H,14,15). The highest BCUT2D eigenvalue weighted by Crippen LogP contribution is 1.99. The van der Waals surface area contributed by atoms with Crippen molar-refractivity contribution < 1.29 is 28.8 Å². The first-order chi connectivity index (χ1) is 9.20. The fraction of sp³-hybridized carbons (Fsp3) is 0.923. The quantitative estimate of drug-likeness (QED) is 0.411. The van der Waals surface area contributed by atoms with E-state index in [0.717, 1.165) is 19.4 Å². The zero-order valence-electron chi connectivity index (χ0n) is 11.9. The highest BCUT2D eigenvalue weighted by atomic mass is 16.7. The molecule has 0 heterocycles. The summed E-state index contributed by atoms with van der Waals surface area (Å²) in [4.78, 5) is 10.2. The lowest BCUT2D eigenvalue weighted by Gasteiger charge is -2.15. The summed E-state index contributed by atoms with van der Waals surface area (Å²) >= 11 is 0. The highest BCUT2D eigenvalue weighted by Gasteiger charge is 2.09. The number of ether oxygens (including phenoxy) is 4. The van der Waals surface area contributed by atoms with E-state index >= 15 is 0 Å². The van der Waals surface area contributed by atoms with Gasteiger partial charge in [0.1, 0.15) is 6.61 Å². The summed E-state index contributed by atoms with van der Waals surface area (Å²) in [5, 5.41) is 8.37. The minimum Gasteiger partial charge on any atom is -0.450 e. The first-order valence-corrected chi connectivity index (χ1v) is 6.83. The molecule has 0 radical (unpaired) electrons. The largest absolute Gasteiger partial charge is 0.505 e. The summed E-state index contributed by atoms with van der Waals surface area (Å²) in [5.41, 5.74) is 0. The number of carboxylic acid groups (broad SMARTS) is 1. The van der Waals surface area contributed by atoms with Crippen molar-refractivity contribution in [1.29, 1.82) is 0 Å². The SMILES string of the molecule is CCCCOCCOCCOC(CC)COC(=O)O. The van der Waals surface area contributed by atoms with Crippen LogP contribution in [-0.2, 0) is 18.9 Å². The second-order valence-electron chi connectivity index (χ2n) is 4.06. The van der Waals surface area contributed by atoms with Crippen molar-refractivity contribution >= 4 is 6.16 Å². The third kappa shape index (κ3) is 13.4. The summed E-state index contributed by atoms with van der Waals surface area (Å²) < 4.78 is 20.6. The molecule has 0 bridgehead atoms. The molecule has 0 aromatic carbocycles. The smallest absolute Gasteiger partial charge is 0.450 e. The molecule has 0 amide bonds. The lowest BCUT2D eigenvalue weighted by atomic mass is 10.3. The Labute approximate surface area is 115 Å². The fourth-order valence-electron chi connectivity index (χ4n) is 1.29. The molecule has 1 atom stereocenters. The van der Waals surface area contributed by atoms with E-state index < -0.39 is 6.16 Å². The first kappa shape index (κ1) is 18.1. The number of hydrogen-bond acceptors (Lipinski definition) is 5. The van der Waals surface area contributed by atoms with Crippen molar-refractivity contribution in [2.45, 2.75) is 39.2 Å². The maximum absolute atomic E-state index is 10.2. The lowest BCUT2D eigenvalue weighted by Crippen LogP contribution is -2.23. The molecule has 0 aliphatic carbocycles. The molecular weight excluding hydrogens is 252 g/mol. The molecule has 1 unspecified atom stereocenters. The number of carbonyl (C=O) groups is 1. The van der Waals surface area contributed by atoms with Gasteiger partial charge in [0, 0.05) is 6.61 Å². The Hall–Kier alpha value is -0.850.